The number of carbonyl (C=O) groups excluding carboxylic acids is 2. The summed E-state index contributed by atoms with van der Waals surface area (Å²) in [6.07, 6.45) is 1.60. The Bertz CT molecular complexity index is 983. The largest absolute Gasteiger partial charge is 0.467 e. The first-order chi connectivity index (χ1) is 14.1. The number of anilines is 1. The van der Waals surface area contributed by atoms with E-state index in [1.807, 2.05) is 30.3 Å². The predicted molar refractivity (Wildman–Crippen MR) is 107 cm³/mol. The number of aromatic nitrogens is 1. The van der Waals surface area contributed by atoms with E-state index in [1.54, 1.807) is 32.2 Å². The fourth-order valence-electron chi connectivity index (χ4n) is 2.71. The second-order valence-electron chi connectivity index (χ2n) is 6.28. The van der Waals surface area contributed by atoms with E-state index < -0.39 is 5.97 Å². The molecular weight excluding hydrogens is 372 g/mol. The zero-order chi connectivity index (χ0) is 20.6. The molecule has 0 fully saturated rings. The molecule has 2 heterocycles. The molecule has 0 aliphatic rings. The number of pyridine rings is 1. The molecule has 0 aliphatic carbocycles. The van der Waals surface area contributed by atoms with E-state index in [1.165, 1.54) is 6.07 Å². The molecule has 0 bridgehead atoms. The van der Waals surface area contributed by atoms with Gasteiger partial charge >= 0.3 is 5.97 Å². The monoisotopic (exact) mass is 394 g/mol. The normalized spacial score (nSPS) is 10.6. The predicted octanol–water partition coefficient (Wildman–Crippen LogP) is 4.13. The summed E-state index contributed by atoms with van der Waals surface area (Å²) in [4.78, 5) is 28.6. The van der Waals surface area contributed by atoms with Crippen molar-refractivity contribution in [3.8, 4) is 0 Å². The van der Waals surface area contributed by atoms with Crippen LogP contribution in [0.3, 0.4) is 0 Å². The number of hydrogen-bond donors (Lipinski definition) is 1. The lowest BCUT2D eigenvalue weighted by Crippen LogP contribution is -2.16. The van der Waals surface area contributed by atoms with Crippen molar-refractivity contribution < 1.29 is 23.5 Å². The Kier molecular flexibility index (Phi) is 6.76. The highest BCUT2D eigenvalue weighted by Crippen LogP contribution is 2.15. The number of nitrogens with zero attached hydrogens (tertiary/aromatic N) is 1. The Labute approximate surface area is 168 Å². The van der Waals surface area contributed by atoms with Crippen LogP contribution in [0, 0.1) is 6.92 Å². The molecule has 0 aliphatic heterocycles. The molecule has 0 spiro atoms. The lowest BCUT2D eigenvalue weighted by Gasteiger charge is -2.09. The Morgan fingerprint density at radius 2 is 1.97 bits per heavy atom. The molecule has 2 aromatic heterocycles. The Morgan fingerprint density at radius 3 is 2.69 bits per heavy atom. The van der Waals surface area contributed by atoms with Gasteiger partial charge in [0.2, 0.25) is 0 Å². The number of amides is 1. The van der Waals surface area contributed by atoms with Crippen LogP contribution in [0.15, 0.2) is 59.2 Å². The maximum absolute atomic E-state index is 12.5. The minimum Gasteiger partial charge on any atom is -0.467 e. The van der Waals surface area contributed by atoms with Gasteiger partial charge in [-0.15, -0.1) is 0 Å². The topological polar surface area (TPSA) is 90.7 Å². The van der Waals surface area contributed by atoms with Crippen LogP contribution in [0.25, 0.3) is 0 Å². The smallest absolute Gasteiger partial charge is 0.339 e. The highest BCUT2D eigenvalue weighted by molar-refractivity contribution is 6.03. The third-order valence-corrected chi connectivity index (χ3v) is 4.09. The van der Waals surface area contributed by atoms with Gasteiger partial charge in [0.05, 0.1) is 30.7 Å². The molecule has 0 saturated carbocycles. The number of esters is 1. The first kappa shape index (κ1) is 20.3. The molecule has 3 aromatic rings. The van der Waals surface area contributed by atoms with Gasteiger partial charge in [-0.25, -0.2) is 9.78 Å². The number of furan rings is 1. The van der Waals surface area contributed by atoms with Crippen molar-refractivity contribution in [2.75, 3.05) is 11.9 Å². The molecule has 0 saturated heterocycles. The van der Waals surface area contributed by atoms with Crippen LogP contribution < -0.4 is 5.32 Å². The fraction of sp³-hybridized carbons (Fsp3) is 0.227. The average molecular weight is 394 g/mol. The highest BCUT2D eigenvalue weighted by atomic mass is 16.5. The second-order valence-corrected chi connectivity index (χ2v) is 6.28. The Balaban J connectivity index is 1.61. The summed E-state index contributed by atoms with van der Waals surface area (Å²) < 4.78 is 15.8. The number of rotatable bonds is 8. The maximum atomic E-state index is 12.5. The van der Waals surface area contributed by atoms with E-state index in [-0.39, 0.29) is 18.2 Å². The van der Waals surface area contributed by atoms with Crippen LogP contribution in [-0.4, -0.2) is 23.5 Å². The van der Waals surface area contributed by atoms with Crippen LogP contribution in [0.1, 0.15) is 44.8 Å². The zero-order valence-corrected chi connectivity index (χ0v) is 16.3. The second kappa shape index (κ2) is 9.66. The zero-order valence-electron chi connectivity index (χ0n) is 16.3. The van der Waals surface area contributed by atoms with Crippen LogP contribution in [-0.2, 0) is 22.7 Å². The molecule has 1 N–H and O–H groups in total. The fourth-order valence-corrected chi connectivity index (χ4v) is 2.71. The van der Waals surface area contributed by atoms with Gasteiger partial charge in [-0.2, -0.15) is 0 Å². The first-order valence-electron chi connectivity index (χ1n) is 9.22. The molecule has 29 heavy (non-hydrogen) atoms. The minimum atomic E-state index is -0.452. The van der Waals surface area contributed by atoms with E-state index in [4.69, 9.17) is 13.9 Å². The molecule has 3 rings (SSSR count). The van der Waals surface area contributed by atoms with Gasteiger partial charge in [0.1, 0.15) is 18.1 Å². The molecule has 7 nitrogen and oxygen atoms in total. The van der Waals surface area contributed by atoms with Crippen molar-refractivity contribution in [3.05, 3.63) is 83.1 Å². The van der Waals surface area contributed by atoms with Crippen molar-refractivity contribution in [1.29, 1.82) is 0 Å². The van der Waals surface area contributed by atoms with Crippen LogP contribution >= 0.6 is 0 Å². The number of benzene rings is 1. The highest BCUT2D eigenvalue weighted by Gasteiger charge is 2.15. The number of hydrogen-bond acceptors (Lipinski definition) is 6. The van der Waals surface area contributed by atoms with E-state index in [0.29, 0.717) is 30.2 Å². The molecule has 1 aromatic carbocycles. The summed E-state index contributed by atoms with van der Waals surface area (Å²) >= 11 is 0. The summed E-state index contributed by atoms with van der Waals surface area (Å²) in [6, 6.07) is 14.1. The summed E-state index contributed by atoms with van der Waals surface area (Å²) in [6.45, 7) is 4.44. The van der Waals surface area contributed by atoms with E-state index >= 15 is 0 Å². The van der Waals surface area contributed by atoms with Crippen molar-refractivity contribution in [3.63, 3.8) is 0 Å². The van der Waals surface area contributed by atoms with Crippen molar-refractivity contribution in [2.45, 2.75) is 27.1 Å². The summed E-state index contributed by atoms with van der Waals surface area (Å²) in [5.41, 5.74) is 2.55. The molecular formula is C22H22N2O5. The molecule has 0 unspecified atom stereocenters. The van der Waals surface area contributed by atoms with Crippen molar-refractivity contribution >= 4 is 17.6 Å². The van der Waals surface area contributed by atoms with Crippen LogP contribution in [0.4, 0.5) is 5.69 Å². The summed E-state index contributed by atoms with van der Waals surface area (Å²) in [5.74, 6) is -0.0639. The molecule has 1 amide bonds. The van der Waals surface area contributed by atoms with Crippen LogP contribution in [0.2, 0.25) is 0 Å². The molecule has 0 atom stereocenters. The third kappa shape index (κ3) is 5.52. The number of nitrogens with one attached hydrogen (secondary N) is 1. The lowest BCUT2D eigenvalue weighted by atomic mass is 10.1. The van der Waals surface area contributed by atoms with Crippen LogP contribution in [0.5, 0.6) is 0 Å². The number of carbonyl (C=O) groups is 2. The van der Waals surface area contributed by atoms with Gasteiger partial charge in [-0.05, 0) is 55.8 Å². The molecule has 150 valence electrons. The summed E-state index contributed by atoms with van der Waals surface area (Å²) in [7, 11) is 0. The van der Waals surface area contributed by atoms with Crippen molar-refractivity contribution in [2.24, 2.45) is 0 Å². The van der Waals surface area contributed by atoms with E-state index in [0.717, 1.165) is 11.3 Å². The van der Waals surface area contributed by atoms with Gasteiger partial charge in [-0.3, -0.25) is 4.79 Å². The van der Waals surface area contributed by atoms with E-state index in [2.05, 4.69) is 10.3 Å². The lowest BCUT2D eigenvalue weighted by molar-refractivity contribution is 0.0524. The standard InChI is InChI=1S/C22H22N2O5/c1-3-28-22(26)19-9-10-20(23-15(19)2)21(25)24-17-7-4-6-16(12-17)13-27-14-18-8-5-11-29-18/h4-12H,3,13-14H2,1-2H3,(H,24,25). The number of ether oxygens (including phenoxy) is 2. The Hall–Kier alpha value is -3.45. The third-order valence-electron chi connectivity index (χ3n) is 4.09. The maximum Gasteiger partial charge on any atom is 0.339 e. The first-order valence-corrected chi connectivity index (χ1v) is 9.22. The average Bonchev–Trinajstić information content (AvgIpc) is 3.22. The van der Waals surface area contributed by atoms with Gasteiger partial charge in [-0.1, -0.05) is 12.1 Å². The van der Waals surface area contributed by atoms with Gasteiger partial charge in [0.15, 0.2) is 0 Å². The van der Waals surface area contributed by atoms with Gasteiger partial charge < -0.3 is 19.2 Å². The van der Waals surface area contributed by atoms with E-state index in [9.17, 15) is 9.59 Å². The molecule has 7 heteroatoms. The quantitative estimate of drug-likeness (QED) is 0.578. The number of aryl methyl sites for hydroxylation is 1. The SMILES string of the molecule is CCOC(=O)c1ccc(C(=O)Nc2cccc(COCc3ccco3)c2)nc1C. The summed E-state index contributed by atoms with van der Waals surface area (Å²) in [5, 5.41) is 2.81. The van der Waals surface area contributed by atoms with Gasteiger partial charge in [0.25, 0.3) is 5.91 Å². The molecule has 0 radical (unpaired) electrons. The Morgan fingerprint density at radius 1 is 1.10 bits per heavy atom. The minimum absolute atomic E-state index is 0.218. The van der Waals surface area contributed by atoms with Crippen molar-refractivity contribution in [1.82, 2.24) is 4.98 Å². The van der Waals surface area contributed by atoms with Gasteiger partial charge in [0, 0.05) is 5.69 Å².